The number of rotatable bonds is 3. The van der Waals surface area contributed by atoms with Gasteiger partial charge in [-0.25, -0.2) is 0 Å². The van der Waals surface area contributed by atoms with Crippen LogP contribution in [0.4, 0.5) is 0 Å². The van der Waals surface area contributed by atoms with E-state index in [1.54, 1.807) is 25.3 Å². The van der Waals surface area contributed by atoms with E-state index in [0.717, 1.165) is 23.7 Å². The SMILES string of the molecule is COc1ccc(Br)c(C(=O)NC2CCCC2Cl)c1. The Morgan fingerprint density at radius 3 is 2.89 bits per heavy atom. The number of carbonyl (C=O) groups is 1. The number of methoxy groups -OCH3 is 1. The predicted octanol–water partition coefficient (Wildman–Crippen LogP) is 3.35. The molecule has 18 heavy (non-hydrogen) atoms. The molecule has 0 spiro atoms. The second-order valence-corrected chi connectivity index (χ2v) is 5.79. The average Bonchev–Trinajstić information content (AvgIpc) is 2.75. The lowest BCUT2D eigenvalue weighted by molar-refractivity contribution is 0.0937. The van der Waals surface area contributed by atoms with Gasteiger partial charge in [0.25, 0.3) is 5.91 Å². The Morgan fingerprint density at radius 1 is 1.50 bits per heavy atom. The number of hydrogen-bond donors (Lipinski definition) is 1. The minimum Gasteiger partial charge on any atom is -0.497 e. The van der Waals surface area contributed by atoms with Gasteiger partial charge in [0.15, 0.2) is 0 Å². The first-order valence-corrected chi connectivity index (χ1v) is 7.13. The van der Waals surface area contributed by atoms with Crippen molar-refractivity contribution in [3.8, 4) is 5.75 Å². The predicted molar refractivity (Wildman–Crippen MR) is 75.4 cm³/mol. The van der Waals surface area contributed by atoms with Gasteiger partial charge >= 0.3 is 0 Å². The van der Waals surface area contributed by atoms with Crippen LogP contribution in [0.2, 0.25) is 0 Å². The van der Waals surface area contributed by atoms with Gasteiger partial charge in [0.2, 0.25) is 0 Å². The fourth-order valence-corrected chi connectivity index (χ4v) is 2.90. The third-order valence-electron chi connectivity index (χ3n) is 3.17. The van der Waals surface area contributed by atoms with Gasteiger partial charge in [0.1, 0.15) is 5.75 Å². The molecule has 0 aromatic heterocycles. The Bertz CT molecular complexity index is 453. The van der Waals surface area contributed by atoms with Crippen LogP contribution >= 0.6 is 27.5 Å². The fourth-order valence-electron chi connectivity index (χ4n) is 2.13. The fraction of sp³-hybridized carbons (Fsp3) is 0.462. The highest BCUT2D eigenvalue weighted by Crippen LogP contribution is 2.26. The Hall–Kier alpha value is -0.740. The van der Waals surface area contributed by atoms with Crippen LogP contribution in [0.15, 0.2) is 22.7 Å². The molecule has 0 radical (unpaired) electrons. The highest BCUT2D eigenvalue weighted by atomic mass is 79.9. The molecular formula is C13H15BrClNO2. The molecule has 0 aliphatic heterocycles. The lowest BCUT2D eigenvalue weighted by Gasteiger charge is -2.16. The summed E-state index contributed by atoms with van der Waals surface area (Å²) in [4.78, 5) is 12.2. The van der Waals surface area contributed by atoms with E-state index in [-0.39, 0.29) is 17.3 Å². The van der Waals surface area contributed by atoms with Gasteiger partial charge in [0, 0.05) is 10.5 Å². The van der Waals surface area contributed by atoms with Crippen molar-refractivity contribution in [3.05, 3.63) is 28.2 Å². The molecule has 1 aliphatic rings. The molecule has 98 valence electrons. The van der Waals surface area contributed by atoms with Crippen LogP contribution in [0, 0.1) is 0 Å². The first kappa shape index (κ1) is 13.7. The smallest absolute Gasteiger partial charge is 0.252 e. The van der Waals surface area contributed by atoms with Crippen LogP contribution in [0.1, 0.15) is 29.6 Å². The summed E-state index contributed by atoms with van der Waals surface area (Å²) in [5.74, 6) is 0.551. The maximum absolute atomic E-state index is 12.2. The number of ether oxygens (including phenoxy) is 1. The second kappa shape index (κ2) is 5.93. The van der Waals surface area contributed by atoms with Crippen LogP contribution in [-0.2, 0) is 0 Å². The monoisotopic (exact) mass is 331 g/mol. The highest BCUT2D eigenvalue weighted by Gasteiger charge is 2.27. The molecule has 5 heteroatoms. The maximum Gasteiger partial charge on any atom is 0.252 e. The minimum absolute atomic E-state index is 0.0401. The number of hydrogen-bond acceptors (Lipinski definition) is 2. The molecule has 1 fully saturated rings. The van der Waals surface area contributed by atoms with Crippen molar-refractivity contribution in [3.63, 3.8) is 0 Å². The normalized spacial score (nSPS) is 22.8. The van der Waals surface area contributed by atoms with Crippen LogP contribution in [0.3, 0.4) is 0 Å². The molecule has 3 nitrogen and oxygen atoms in total. The van der Waals surface area contributed by atoms with E-state index in [2.05, 4.69) is 21.2 Å². The van der Waals surface area contributed by atoms with Crippen LogP contribution < -0.4 is 10.1 Å². The van der Waals surface area contributed by atoms with Crippen molar-refractivity contribution in [2.45, 2.75) is 30.7 Å². The zero-order chi connectivity index (χ0) is 13.1. The highest BCUT2D eigenvalue weighted by molar-refractivity contribution is 9.10. The molecule has 0 saturated heterocycles. The van der Waals surface area contributed by atoms with Gasteiger partial charge in [-0.1, -0.05) is 0 Å². The van der Waals surface area contributed by atoms with Gasteiger partial charge in [-0.2, -0.15) is 0 Å². The zero-order valence-corrected chi connectivity index (χ0v) is 12.4. The molecule has 2 atom stereocenters. The van der Waals surface area contributed by atoms with Gasteiger partial charge in [-0.15, -0.1) is 11.6 Å². The van der Waals surface area contributed by atoms with E-state index in [1.807, 2.05) is 0 Å². The quantitative estimate of drug-likeness (QED) is 0.862. The summed E-state index contributed by atoms with van der Waals surface area (Å²) in [6, 6.07) is 5.40. The van der Waals surface area contributed by atoms with Crippen LogP contribution in [0.25, 0.3) is 0 Å². The first-order chi connectivity index (χ1) is 8.61. The van der Waals surface area contributed by atoms with Gasteiger partial charge < -0.3 is 10.1 Å². The molecule has 1 aliphatic carbocycles. The van der Waals surface area contributed by atoms with Crippen molar-refractivity contribution in [2.75, 3.05) is 7.11 Å². The van der Waals surface area contributed by atoms with Crippen molar-refractivity contribution in [2.24, 2.45) is 0 Å². The first-order valence-electron chi connectivity index (χ1n) is 5.90. The molecule has 0 heterocycles. The van der Waals surface area contributed by atoms with E-state index in [4.69, 9.17) is 16.3 Å². The summed E-state index contributed by atoms with van der Waals surface area (Å²) in [5.41, 5.74) is 0.574. The van der Waals surface area contributed by atoms with E-state index < -0.39 is 0 Å². The minimum atomic E-state index is -0.113. The topological polar surface area (TPSA) is 38.3 Å². The largest absolute Gasteiger partial charge is 0.497 e. The van der Waals surface area contributed by atoms with E-state index >= 15 is 0 Å². The molecular weight excluding hydrogens is 318 g/mol. The molecule has 1 saturated carbocycles. The second-order valence-electron chi connectivity index (χ2n) is 4.37. The lowest BCUT2D eigenvalue weighted by atomic mass is 10.1. The van der Waals surface area contributed by atoms with E-state index in [0.29, 0.717) is 11.3 Å². The van der Waals surface area contributed by atoms with E-state index in [1.165, 1.54) is 0 Å². The Labute approximate surface area is 120 Å². The van der Waals surface area contributed by atoms with Gasteiger partial charge in [0.05, 0.1) is 18.1 Å². The van der Waals surface area contributed by atoms with E-state index in [9.17, 15) is 4.79 Å². The number of nitrogens with one attached hydrogen (secondary N) is 1. The number of benzene rings is 1. The van der Waals surface area contributed by atoms with Crippen molar-refractivity contribution in [1.29, 1.82) is 0 Å². The van der Waals surface area contributed by atoms with Crippen molar-refractivity contribution < 1.29 is 9.53 Å². The van der Waals surface area contributed by atoms with Gasteiger partial charge in [-0.05, 0) is 53.4 Å². The summed E-state index contributed by atoms with van der Waals surface area (Å²) < 4.78 is 5.88. The van der Waals surface area contributed by atoms with Crippen molar-refractivity contribution >= 4 is 33.4 Å². The Balaban J connectivity index is 2.12. The number of halogens is 2. The number of alkyl halides is 1. The maximum atomic E-state index is 12.2. The molecule has 1 N–H and O–H groups in total. The molecule has 1 aromatic carbocycles. The summed E-state index contributed by atoms with van der Waals surface area (Å²) in [6.45, 7) is 0. The molecule has 1 aromatic rings. The van der Waals surface area contributed by atoms with Gasteiger partial charge in [-0.3, -0.25) is 4.79 Å². The Kier molecular flexibility index (Phi) is 4.51. The lowest BCUT2D eigenvalue weighted by Crippen LogP contribution is -2.38. The summed E-state index contributed by atoms with van der Waals surface area (Å²) >= 11 is 9.53. The van der Waals surface area contributed by atoms with Crippen LogP contribution in [-0.4, -0.2) is 24.4 Å². The third kappa shape index (κ3) is 2.98. The molecule has 0 bridgehead atoms. The molecule has 2 unspecified atom stereocenters. The number of amides is 1. The average molecular weight is 333 g/mol. The zero-order valence-electron chi connectivity index (χ0n) is 10.1. The summed E-state index contributed by atoms with van der Waals surface area (Å²) in [5, 5.41) is 3.02. The summed E-state index contributed by atoms with van der Waals surface area (Å²) in [6.07, 6.45) is 2.98. The molecule has 2 rings (SSSR count). The Morgan fingerprint density at radius 2 is 2.28 bits per heavy atom. The van der Waals surface area contributed by atoms with Crippen molar-refractivity contribution in [1.82, 2.24) is 5.32 Å². The third-order valence-corrected chi connectivity index (χ3v) is 4.38. The summed E-state index contributed by atoms with van der Waals surface area (Å²) in [7, 11) is 1.58. The standard InChI is InChI=1S/C13H15BrClNO2/c1-18-8-5-6-10(14)9(7-8)13(17)16-12-4-2-3-11(12)15/h5-7,11-12H,2-4H2,1H3,(H,16,17). The molecule has 1 amide bonds. The van der Waals surface area contributed by atoms with Crippen LogP contribution in [0.5, 0.6) is 5.75 Å². The number of carbonyl (C=O) groups excluding carboxylic acids is 1.